The average Bonchev–Trinajstić information content (AvgIpc) is 2.97. The Kier molecular flexibility index (Phi) is 7.20. The molecule has 0 radical (unpaired) electrons. The highest BCUT2D eigenvalue weighted by Crippen LogP contribution is 2.38. The number of carbonyl (C=O) groups is 3. The number of sulfone groups is 1. The topological polar surface area (TPSA) is 133 Å². The molecule has 0 spiro atoms. The lowest BCUT2D eigenvalue weighted by molar-refractivity contribution is -0.117. The van der Waals surface area contributed by atoms with E-state index >= 15 is 0 Å². The molecule has 1 heterocycles. The fraction of sp³-hybridized carbons (Fsp3) is 0.318. The van der Waals surface area contributed by atoms with Gasteiger partial charge in [0.15, 0.2) is 11.5 Å². The first-order chi connectivity index (χ1) is 15.9. The van der Waals surface area contributed by atoms with Crippen molar-refractivity contribution in [3.05, 3.63) is 58.7 Å². The lowest BCUT2D eigenvalue weighted by Crippen LogP contribution is -2.38. The fourth-order valence-electron chi connectivity index (χ4n) is 3.79. The van der Waals surface area contributed by atoms with Gasteiger partial charge in [0.2, 0.25) is 5.91 Å². The molecule has 1 atom stereocenters. The van der Waals surface area contributed by atoms with Crippen molar-refractivity contribution in [3.8, 4) is 11.5 Å². The van der Waals surface area contributed by atoms with Gasteiger partial charge in [0.25, 0.3) is 11.8 Å². The van der Waals surface area contributed by atoms with E-state index in [1.807, 2.05) is 0 Å². The molecule has 3 amide bonds. The van der Waals surface area contributed by atoms with Crippen LogP contribution in [0.5, 0.6) is 11.5 Å². The number of halogens is 2. The molecule has 2 aromatic carbocycles. The van der Waals surface area contributed by atoms with Crippen molar-refractivity contribution in [2.75, 3.05) is 18.6 Å². The lowest BCUT2D eigenvalue weighted by atomic mass is 10.0. The Morgan fingerprint density at radius 2 is 1.82 bits per heavy atom. The van der Waals surface area contributed by atoms with Crippen molar-refractivity contribution >= 4 is 27.6 Å². The molecule has 0 aromatic heterocycles. The Hall–Kier alpha value is -3.54. The number of primary amides is 1. The summed E-state index contributed by atoms with van der Waals surface area (Å²) in [4.78, 5) is 38.8. The summed E-state index contributed by atoms with van der Waals surface area (Å²) in [6, 6.07) is 6.74. The van der Waals surface area contributed by atoms with E-state index in [4.69, 9.17) is 10.5 Å². The van der Waals surface area contributed by atoms with Crippen LogP contribution < -0.4 is 15.2 Å². The van der Waals surface area contributed by atoms with Crippen LogP contribution in [-0.2, 0) is 21.1 Å². The number of imide groups is 1. The maximum absolute atomic E-state index is 13.3. The zero-order chi connectivity index (χ0) is 25.2. The summed E-state index contributed by atoms with van der Waals surface area (Å²) in [6.07, 6.45) is 0.648. The van der Waals surface area contributed by atoms with Gasteiger partial charge in [-0.2, -0.15) is 8.78 Å². The first-order valence-electron chi connectivity index (χ1n) is 10.1. The van der Waals surface area contributed by atoms with Crippen molar-refractivity contribution in [2.45, 2.75) is 26.0 Å². The second kappa shape index (κ2) is 9.75. The van der Waals surface area contributed by atoms with Gasteiger partial charge in [0.05, 0.1) is 35.9 Å². The third-order valence-electron chi connectivity index (χ3n) is 5.04. The standard InChI is InChI=1S/C22H22F2N2O7S/c1-3-32-17-9-12(7-8-16(17)33-22(23)24)15(11-34(2,30)31)26-20(28)14-6-4-5-13(10-18(25)27)19(14)21(26)29/h4-9,15,22H,3,10-11H2,1-2H3,(H2,25,27). The molecule has 2 aromatic rings. The summed E-state index contributed by atoms with van der Waals surface area (Å²) in [5, 5.41) is 0. The third-order valence-corrected chi connectivity index (χ3v) is 5.96. The monoisotopic (exact) mass is 496 g/mol. The number of amides is 3. The third kappa shape index (κ3) is 5.33. The lowest BCUT2D eigenvalue weighted by Gasteiger charge is -2.27. The second-order valence-corrected chi connectivity index (χ2v) is 9.77. The van der Waals surface area contributed by atoms with Crippen LogP contribution in [0.15, 0.2) is 36.4 Å². The number of rotatable bonds is 10. The zero-order valence-electron chi connectivity index (χ0n) is 18.3. The Balaban J connectivity index is 2.12. The van der Waals surface area contributed by atoms with Crippen LogP contribution in [0.4, 0.5) is 8.78 Å². The number of hydrogen-bond donors (Lipinski definition) is 1. The van der Waals surface area contributed by atoms with Gasteiger partial charge in [0.1, 0.15) is 9.84 Å². The van der Waals surface area contributed by atoms with Gasteiger partial charge in [-0.25, -0.2) is 8.42 Å². The van der Waals surface area contributed by atoms with Gasteiger partial charge in [0, 0.05) is 6.26 Å². The predicted molar refractivity (Wildman–Crippen MR) is 117 cm³/mol. The Morgan fingerprint density at radius 3 is 2.41 bits per heavy atom. The normalized spacial score (nSPS) is 14.3. The Labute approximate surface area is 194 Å². The fourth-order valence-corrected chi connectivity index (χ4v) is 4.71. The van der Waals surface area contributed by atoms with Crippen molar-refractivity contribution in [3.63, 3.8) is 0 Å². The van der Waals surface area contributed by atoms with Crippen molar-refractivity contribution in [2.24, 2.45) is 5.73 Å². The average molecular weight is 496 g/mol. The van der Waals surface area contributed by atoms with Gasteiger partial charge in [-0.05, 0) is 36.2 Å². The molecular formula is C22H22F2N2O7S. The van der Waals surface area contributed by atoms with E-state index in [0.717, 1.165) is 17.2 Å². The van der Waals surface area contributed by atoms with Crippen molar-refractivity contribution in [1.82, 2.24) is 4.90 Å². The number of benzene rings is 2. The van der Waals surface area contributed by atoms with Crippen molar-refractivity contribution in [1.29, 1.82) is 0 Å². The molecule has 0 saturated carbocycles. The first-order valence-corrected chi connectivity index (χ1v) is 12.2. The van der Waals surface area contributed by atoms with Crippen LogP contribution in [0.3, 0.4) is 0 Å². The largest absolute Gasteiger partial charge is 0.490 e. The predicted octanol–water partition coefficient (Wildman–Crippen LogP) is 2.10. The molecule has 3 rings (SSSR count). The van der Waals surface area contributed by atoms with Crippen LogP contribution in [0.25, 0.3) is 0 Å². The van der Waals surface area contributed by atoms with Gasteiger partial charge in [-0.15, -0.1) is 0 Å². The molecule has 0 bridgehead atoms. The molecule has 182 valence electrons. The molecular weight excluding hydrogens is 474 g/mol. The Morgan fingerprint density at radius 1 is 1.12 bits per heavy atom. The number of hydrogen-bond acceptors (Lipinski definition) is 7. The summed E-state index contributed by atoms with van der Waals surface area (Å²) in [5.41, 5.74) is 5.61. The first kappa shape index (κ1) is 25.1. The summed E-state index contributed by atoms with van der Waals surface area (Å²) in [5.74, 6) is -3.29. The summed E-state index contributed by atoms with van der Waals surface area (Å²) in [6.45, 7) is -1.43. The molecule has 1 aliphatic rings. The van der Waals surface area contributed by atoms with Crippen LogP contribution in [0.2, 0.25) is 0 Å². The molecule has 9 nitrogen and oxygen atoms in total. The molecule has 0 saturated heterocycles. The van der Waals surface area contributed by atoms with Gasteiger partial charge in [-0.1, -0.05) is 18.2 Å². The molecule has 1 unspecified atom stereocenters. The van der Waals surface area contributed by atoms with Gasteiger partial charge >= 0.3 is 6.61 Å². The highest BCUT2D eigenvalue weighted by Gasteiger charge is 2.43. The molecule has 12 heteroatoms. The summed E-state index contributed by atoms with van der Waals surface area (Å²) >= 11 is 0. The van der Waals surface area contributed by atoms with Crippen LogP contribution in [-0.4, -0.2) is 56.3 Å². The molecule has 1 aliphatic heterocycles. The Bertz CT molecular complexity index is 1250. The van der Waals surface area contributed by atoms with E-state index in [9.17, 15) is 31.6 Å². The molecule has 0 aliphatic carbocycles. The van der Waals surface area contributed by atoms with Crippen molar-refractivity contribution < 1.29 is 41.1 Å². The van der Waals surface area contributed by atoms with E-state index in [-0.39, 0.29) is 46.8 Å². The molecule has 34 heavy (non-hydrogen) atoms. The van der Waals surface area contributed by atoms with E-state index < -0.39 is 46.0 Å². The van der Waals surface area contributed by atoms with Gasteiger partial charge in [-0.3, -0.25) is 19.3 Å². The minimum atomic E-state index is -3.74. The van der Waals surface area contributed by atoms with Crippen LogP contribution in [0, 0.1) is 0 Å². The number of nitrogens with zero attached hydrogens (tertiary/aromatic N) is 1. The maximum Gasteiger partial charge on any atom is 0.387 e. The SMILES string of the molecule is CCOc1cc(C(CS(C)(=O)=O)N2C(=O)c3cccc(CC(N)=O)c3C2=O)ccc1OC(F)F. The second-order valence-electron chi connectivity index (χ2n) is 7.59. The highest BCUT2D eigenvalue weighted by atomic mass is 32.2. The zero-order valence-corrected chi connectivity index (χ0v) is 19.1. The van der Waals surface area contributed by atoms with E-state index in [2.05, 4.69) is 4.74 Å². The summed E-state index contributed by atoms with van der Waals surface area (Å²) < 4.78 is 59.8. The molecule has 0 fully saturated rings. The maximum atomic E-state index is 13.3. The minimum Gasteiger partial charge on any atom is -0.490 e. The number of fused-ring (bicyclic) bond motifs is 1. The highest BCUT2D eigenvalue weighted by molar-refractivity contribution is 7.90. The van der Waals surface area contributed by atoms with E-state index in [1.165, 1.54) is 30.3 Å². The number of nitrogens with two attached hydrogens (primary N) is 1. The minimum absolute atomic E-state index is 0.00457. The number of ether oxygens (including phenoxy) is 2. The number of carbonyl (C=O) groups excluding carboxylic acids is 3. The number of alkyl halides is 2. The smallest absolute Gasteiger partial charge is 0.387 e. The van der Waals surface area contributed by atoms with Crippen LogP contribution >= 0.6 is 0 Å². The van der Waals surface area contributed by atoms with E-state index in [1.54, 1.807) is 6.92 Å². The van der Waals surface area contributed by atoms with Crippen LogP contribution in [0.1, 0.15) is 44.8 Å². The summed E-state index contributed by atoms with van der Waals surface area (Å²) in [7, 11) is -3.74. The van der Waals surface area contributed by atoms with E-state index in [0.29, 0.717) is 0 Å². The quantitative estimate of drug-likeness (QED) is 0.498. The molecule has 2 N–H and O–H groups in total. The van der Waals surface area contributed by atoms with Gasteiger partial charge < -0.3 is 15.2 Å².